The molecule has 3 aromatic rings. The number of nitro groups is 1. The van der Waals surface area contributed by atoms with E-state index in [4.69, 9.17) is 9.47 Å². The molecule has 8 nitrogen and oxygen atoms in total. The van der Waals surface area contributed by atoms with Gasteiger partial charge in [-0.1, -0.05) is 30.3 Å². The number of nitrogens with one attached hydrogen (secondary N) is 1. The highest BCUT2D eigenvalue weighted by molar-refractivity contribution is 6.01. The second-order valence-electron chi connectivity index (χ2n) is 7.07. The smallest absolute Gasteiger partial charge is 0.269 e. The van der Waals surface area contributed by atoms with Gasteiger partial charge in [0.2, 0.25) is 6.79 Å². The van der Waals surface area contributed by atoms with E-state index in [0.717, 1.165) is 5.56 Å². The lowest BCUT2D eigenvalue weighted by molar-refractivity contribution is -0.384. The average Bonchev–Trinajstić information content (AvgIpc) is 3.23. The quantitative estimate of drug-likeness (QED) is 0.521. The van der Waals surface area contributed by atoms with Gasteiger partial charge in [0.15, 0.2) is 11.5 Å². The number of benzene rings is 3. The number of rotatable bonds is 4. The Morgan fingerprint density at radius 2 is 1.87 bits per heavy atom. The van der Waals surface area contributed by atoms with E-state index in [1.54, 1.807) is 23.1 Å². The number of non-ortho nitro benzene ring substituents is 1. The third kappa shape index (κ3) is 3.08. The highest BCUT2D eigenvalue weighted by Gasteiger charge is 2.33. The molecule has 0 saturated carbocycles. The van der Waals surface area contributed by atoms with Gasteiger partial charge in [0, 0.05) is 29.9 Å². The van der Waals surface area contributed by atoms with Crippen LogP contribution < -0.4 is 14.8 Å². The number of para-hydroxylation sites is 1. The van der Waals surface area contributed by atoms with Crippen LogP contribution in [0.3, 0.4) is 0 Å². The third-order valence-corrected chi connectivity index (χ3v) is 5.21. The Bertz CT molecular complexity index is 1160. The van der Waals surface area contributed by atoms with Crippen LogP contribution in [-0.2, 0) is 6.54 Å². The van der Waals surface area contributed by atoms with Crippen molar-refractivity contribution in [2.24, 2.45) is 0 Å². The summed E-state index contributed by atoms with van der Waals surface area (Å²) in [4.78, 5) is 25.8. The zero-order chi connectivity index (χ0) is 20.7. The van der Waals surface area contributed by atoms with Gasteiger partial charge in [0.1, 0.15) is 6.17 Å². The predicted octanol–water partition coefficient (Wildman–Crippen LogP) is 4.09. The lowest BCUT2D eigenvalue weighted by atomic mass is 10.0. The van der Waals surface area contributed by atoms with E-state index in [0.29, 0.717) is 34.9 Å². The Labute approximate surface area is 171 Å². The Morgan fingerprint density at radius 3 is 2.73 bits per heavy atom. The Kier molecular flexibility index (Phi) is 4.24. The molecule has 0 bridgehead atoms. The van der Waals surface area contributed by atoms with Gasteiger partial charge in [-0.2, -0.15) is 0 Å². The number of hydrogen-bond donors (Lipinski definition) is 1. The fourth-order valence-corrected chi connectivity index (χ4v) is 3.76. The fourth-order valence-electron chi connectivity index (χ4n) is 3.76. The molecule has 0 spiro atoms. The molecule has 0 saturated heterocycles. The van der Waals surface area contributed by atoms with Crippen LogP contribution in [-0.4, -0.2) is 22.5 Å². The van der Waals surface area contributed by atoms with Crippen LogP contribution in [0.2, 0.25) is 0 Å². The van der Waals surface area contributed by atoms with E-state index in [1.807, 2.05) is 36.4 Å². The van der Waals surface area contributed by atoms with Crippen molar-refractivity contribution < 1.29 is 19.2 Å². The van der Waals surface area contributed by atoms with Gasteiger partial charge in [-0.3, -0.25) is 14.9 Å². The van der Waals surface area contributed by atoms with Crippen LogP contribution in [0.1, 0.15) is 27.7 Å². The highest BCUT2D eigenvalue weighted by atomic mass is 16.7. The second kappa shape index (κ2) is 7.07. The van der Waals surface area contributed by atoms with Crippen LogP contribution in [0.15, 0.2) is 66.7 Å². The van der Waals surface area contributed by atoms with Crippen molar-refractivity contribution in [1.29, 1.82) is 0 Å². The summed E-state index contributed by atoms with van der Waals surface area (Å²) in [5.41, 5.74) is 2.72. The molecule has 0 aliphatic carbocycles. The lowest BCUT2D eigenvalue weighted by Crippen LogP contribution is -2.42. The van der Waals surface area contributed by atoms with Gasteiger partial charge >= 0.3 is 0 Å². The van der Waals surface area contributed by atoms with Crippen molar-refractivity contribution in [1.82, 2.24) is 4.90 Å². The van der Waals surface area contributed by atoms with Gasteiger partial charge < -0.3 is 19.7 Å². The fraction of sp³-hybridized carbons (Fsp3) is 0.136. The SMILES string of the molecule is O=C1c2ccccc2N[C@H](c2cccc([N+](=O)[O-])c2)N1Cc1ccc2c(c1)OCO2. The molecule has 1 atom stereocenters. The molecule has 1 N–H and O–H groups in total. The standard InChI is InChI=1S/C22H17N3O5/c26-22-17-6-1-2-7-18(17)23-21(15-4-3-5-16(11-15)25(27)28)24(22)12-14-8-9-19-20(10-14)30-13-29-19/h1-11,21,23H,12-13H2/t21-/m0/s1. The topological polar surface area (TPSA) is 93.9 Å². The summed E-state index contributed by atoms with van der Waals surface area (Å²) in [7, 11) is 0. The van der Waals surface area contributed by atoms with Gasteiger partial charge in [0.05, 0.1) is 10.5 Å². The maximum atomic E-state index is 13.4. The molecular formula is C22H17N3O5. The van der Waals surface area contributed by atoms with Crippen LogP contribution >= 0.6 is 0 Å². The van der Waals surface area contributed by atoms with Crippen molar-refractivity contribution in [2.45, 2.75) is 12.7 Å². The van der Waals surface area contributed by atoms with Gasteiger partial charge in [-0.15, -0.1) is 0 Å². The van der Waals surface area contributed by atoms with E-state index in [2.05, 4.69) is 5.32 Å². The second-order valence-corrected chi connectivity index (χ2v) is 7.07. The highest BCUT2D eigenvalue weighted by Crippen LogP contribution is 2.37. The molecule has 0 fully saturated rings. The monoisotopic (exact) mass is 403 g/mol. The van der Waals surface area contributed by atoms with E-state index in [9.17, 15) is 14.9 Å². The van der Waals surface area contributed by atoms with Crippen LogP contribution in [0.4, 0.5) is 11.4 Å². The van der Waals surface area contributed by atoms with Crippen LogP contribution in [0.5, 0.6) is 11.5 Å². The molecule has 3 aromatic carbocycles. The minimum Gasteiger partial charge on any atom is -0.454 e. The number of ether oxygens (including phenoxy) is 2. The van der Waals surface area contributed by atoms with Crippen LogP contribution in [0.25, 0.3) is 0 Å². The largest absolute Gasteiger partial charge is 0.454 e. The first kappa shape index (κ1) is 18.0. The Morgan fingerprint density at radius 1 is 1.03 bits per heavy atom. The molecule has 0 unspecified atom stereocenters. The number of anilines is 1. The first-order valence-electron chi connectivity index (χ1n) is 9.39. The lowest BCUT2D eigenvalue weighted by Gasteiger charge is -2.38. The van der Waals surface area contributed by atoms with E-state index < -0.39 is 11.1 Å². The zero-order valence-electron chi connectivity index (χ0n) is 15.8. The molecule has 2 heterocycles. The number of hydrogen-bond acceptors (Lipinski definition) is 6. The van der Waals surface area contributed by atoms with E-state index >= 15 is 0 Å². The van der Waals surface area contributed by atoms with Crippen LogP contribution in [0, 0.1) is 10.1 Å². The minimum absolute atomic E-state index is 0.0244. The van der Waals surface area contributed by atoms with Crippen molar-refractivity contribution >= 4 is 17.3 Å². The normalized spacial score (nSPS) is 16.7. The summed E-state index contributed by atoms with van der Waals surface area (Å²) >= 11 is 0. The van der Waals surface area contributed by atoms with Gasteiger partial charge in [-0.25, -0.2) is 0 Å². The number of carbonyl (C=O) groups is 1. The maximum Gasteiger partial charge on any atom is 0.269 e. The van der Waals surface area contributed by atoms with Gasteiger partial charge in [0.25, 0.3) is 11.6 Å². The summed E-state index contributed by atoms with van der Waals surface area (Å²) < 4.78 is 10.8. The van der Waals surface area contributed by atoms with Crippen molar-refractivity contribution in [3.63, 3.8) is 0 Å². The summed E-state index contributed by atoms with van der Waals surface area (Å²) in [6.07, 6.45) is -0.558. The number of nitro benzene ring substituents is 1. The minimum atomic E-state index is -0.558. The summed E-state index contributed by atoms with van der Waals surface area (Å²) in [5, 5.41) is 14.6. The molecule has 0 radical (unpaired) electrons. The molecule has 1 amide bonds. The first-order valence-corrected chi connectivity index (χ1v) is 9.39. The molecular weight excluding hydrogens is 386 g/mol. The summed E-state index contributed by atoms with van der Waals surface area (Å²) in [5.74, 6) is 1.15. The first-order chi connectivity index (χ1) is 14.6. The van der Waals surface area contributed by atoms with Gasteiger partial charge in [-0.05, 0) is 29.8 Å². The molecule has 2 aliphatic heterocycles. The number of amides is 1. The molecule has 0 aromatic heterocycles. The van der Waals surface area contributed by atoms with E-state index in [1.165, 1.54) is 12.1 Å². The molecule has 150 valence electrons. The number of carbonyl (C=O) groups excluding carboxylic acids is 1. The van der Waals surface area contributed by atoms with Crippen molar-refractivity contribution in [2.75, 3.05) is 12.1 Å². The molecule has 5 rings (SSSR count). The Balaban J connectivity index is 1.55. The predicted molar refractivity (Wildman–Crippen MR) is 108 cm³/mol. The third-order valence-electron chi connectivity index (χ3n) is 5.21. The summed E-state index contributed by atoms with van der Waals surface area (Å²) in [6.45, 7) is 0.469. The summed E-state index contributed by atoms with van der Waals surface area (Å²) in [6, 6.07) is 19.1. The zero-order valence-corrected chi connectivity index (χ0v) is 15.8. The van der Waals surface area contributed by atoms with Crippen molar-refractivity contribution in [3.8, 4) is 11.5 Å². The number of nitrogens with zero attached hydrogens (tertiary/aromatic N) is 2. The molecule has 2 aliphatic rings. The average molecular weight is 403 g/mol. The van der Waals surface area contributed by atoms with Crippen molar-refractivity contribution in [3.05, 3.63) is 93.5 Å². The Hall–Kier alpha value is -4.07. The molecule has 30 heavy (non-hydrogen) atoms. The van der Waals surface area contributed by atoms with E-state index in [-0.39, 0.29) is 18.4 Å². The molecule has 8 heteroatoms. The number of fused-ring (bicyclic) bond motifs is 2. The maximum absolute atomic E-state index is 13.4.